The molecule has 0 aliphatic carbocycles. The summed E-state index contributed by atoms with van der Waals surface area (Å²) in [6.07, 6.45) is 2.31. The second-order valence-electron chi connectivity index (χ2n) is 6.42. The van der Waals surface area contributed by atoms with Crippen molar-refractivity contribution in [3.63, 3.8) is 0 Å². The standard InChI is InChI=1S/C17H24N2O.ClH/c1-11-8-12(2)16(13(3)9-11)17(20)19-7-5-15-14(10-19)4-6-18-15;/h8-9,14-15,18H,4-7,10H2,1-3H3;1H. The van der Waals surface area contributed by atoms with Gasteiger partial charge in [0.25, 0.3) is 5.91 Å². The molecule has 21 heavy (non-hydrogen) atoms. The number of benzene rings is 1. The van der Waals surface area contributed by atoms with Gasteiger partial charge in [-0.05, 0) is 57.2 Å². The van der Waals surface area contributed by atoms with Gasteiger partial charge in [0.1, 0.15) is 0 Å². The number of hydrogen-bond acceptors (Lipinski definition) is 2. The fourth-order valence-corrected chi connectivity index (χ4v) is 3.91. The van der Waals surface area contributed by atoms with Gasteiger partial charge in [0.05, 0.1) is 0 Å². The van der Waals surface area contributed by atoms with Crippen molar-refractivity contribution in [3.05, 3.63) is 34.4 Å². The van der Waals surface area contributed by atoms with E-state index in [1.165, 1.54) is 12.0 Å². The van der Waals surface area contributed by atoms with Gasteiger partial charge in [0.2, 0.25) is 0 Å². The van der Waals surface area contributed by atoms with Crippen LogP contribution in [0.25, 0.3) is 0 Å². The van der Waals surface area contributed by atoms with Crippen molar-refractivity contribution in [2.45, 2.75) is 39.7 Å². The van der Waals surface area contributed by atoms with Crippen molar-refractivity contribution in [1.29, 1.82) is 0 Å². The second kappa shape index (κ2) is 6.37. The van der Waals surface area contributed by atoms with Crippen LogP contribution in [0.4, 0.5) is 0 Å². The molecule has 2 unspecified atom stereocenters. The van der Waals surface area contributed by atoms with E-state index in [2.05, 4.69) is 43.1 Å². The van der Waals surface area contributed by atoms with Crippen molar-refractivity contribution < 1.29 is 4.79 Å². The van der Waals surface area contributed by atoms with Crippen LogP contribution in [0.1, 0.15) is 39.9 Å². The molecule has 116 valence electrons. The number of carbonyl (C=O) groups excluding carboxylic acids is 1. The summed E-state index contributed by atoms with van der Waals surface area (Å²) in [6, 6.07) is 4.87. The lowest BCUT2D eigenvalue weighted by Gasteiger charge is -2.35. The summed E-state index contributed by atoms with van der Waals surface area (Å²) < 4.78 is 0. The topological polar surface area (TPSA) is 32.3 Å². The van der Waals surface area contributed by atoms with Gasteiger partial charge >= 0.3 is 0 Å². The molecule has 1 aromatic rings. The van der Waals surface area contributed by atoms with E-state index >= 15 is 0 Å². The zero-order chi connectivity index (χ0) is 14.3. The van der Waals surface area contributed by atoms with E-state index < -0.39 is 0 Å². The minimum Gasteiger partial charge on any atom is -0.338 e. The Balaban J connectivity index is 0.00000161. The molecular weight excluding hydrogens is 284 g/mol. The Labute approximate surface area is 133 Å². The molecule has 4 heteroatoms. The molecule has 1 N–H and O–H groups in total. The lowest BCUT2D eigenvalue weighted by Crippen LogP contribution is -2.47. The van der Waals surface area contributed by atoms with Gasteiger partial charge in [-0.2, -0.15) is 0 Å². The molecule has 2 heterocycles. The number of piperidine rings is 1. The average Bonchev–Trinajstić information content (AvgIpc) is 2.84. The predicted molar refractivity (Wildman–Crippen MR) is 88.3 cm³/mol. The third-order valence-electron chi connectivity index (χ3n) is 4.83. The molecule has 2 fully saturated rings. The summed E-state index contributed by atoms with van der Waals surface area (Å²) in [7, 11) is 0. The predicted octanol–water partition coefficient (Wildman–Crippen LogP) is 2.86. The van der Waals surface area contributed by atoms with Crippen molar-refractivity contribution in [3.8, 4) is 0 Å². The molecule has 0 radical (unpaired) electrons. The second-order valence-corrected chi connectivity index (χ2v) is 6.42. The van der Waals surface area contributed by atoms with E-state index in [-0.39, 0.29) is 18.3 Å². The van der Waals surface area contributed by atoms with Crippen LogP contribution in [0.5, 0.6) is 0 Å². The normalized spacial score (nSPS) is 24.4. The van der Waals surface area contributed by atoms with Gasteiger partial charge in [-0.15, -0.1) is 12.4 Å². The average molecular weight is 309 g/mol. The fraction of sp³-hybridized carbons (Fsp3) is 0.588. The Hall–Kier alpha value is -1.06. The molecule has 1 aromatic carbocycles. The molecule has 1 amide bonds. The molecule has 0 bridgehead atoms. The molecule has 3 rings (SSSR count). The first-order chi connectivity index (χ1) is 9.56. The SMILES string of the molecule is Cc1cc(C)c(C(=O)N2CCC3NCCC3C2)c(C)c1.Cl. The van der Waals surface area contributed by atoms with Crippen LogP contribution in [-0.4, -0.2) is 36.5 Å². The van der Waals surface area contributed by atoms with Gasteiger partial charge in [-0.25, -0.2) is 0 Å². The zero-order valence-electron chi connectivity index (χ0n) is 13.1. The summed E-state index contributed by atoms with van der Waals surface area (Å²) in [4.78, 5) is 14.9. The van der Waals surface area contributed by atoms with Crippen LogP contribution in [0.15, 0.2) is 12.1 Å². The van der Waals surface area contributed by atoms with Crippen molar-refractivity contribution in [2.75, 3.05) is 19.6 Å². The van der Waals surface area contributed by atoms with Crippen molar-refractivity contribution in [2.24, 2.45) is 5.92 Å². The number of rotatable bonds is 1. The van der Waals surface area contributed by atoms with Crippen LogP contribution in [0.2, 0.25) is 0 Å². The molecule has 0 aromatic heterocycles. The van der Waals surface area contributed by atoms with E-state index in [4.69, 9.17) is 0 Å². The Kier molecular flexibility index (Phi) is 4.95. The van der Waals surface area contributed by atoms with Gasteiger partial charge < -0.3 is 10.2 Å². The van der Waals surface area contributed by atoms with E-state index in [0.29, 0.717) is 12.0 Å². The number of carbonyl (C=O) groups is 1. The molecule has 2 aliphatic heterocycles. The minimum absolute atomic E-state index is 0. The van der Waals surface area contributed by atoms with Crippen LogP contribution in [0, 0.1) is 26.7 Å². The Morgan fingerprint density at radius 1 is 1.19 bits per heavy atom. The van der Waals surface area contributed by atoms with E-state index in [1.807, 2.05) is 0 Å². The smallest absolute Gasteiger partial charge is 0.254 e. The maximum absolute atomic E-state index is 12.8. The number of nitrogens with zero attached hydrogens (tertiary/aromatic N) is 1. The van der Waals surface area contributed by atoms with Crippen LogP contribution < -0.4 is 5.32 Å². The maximum Gasteiger partial charge on any atom is 0.254 e. The third kappa shape index (κ3) is 3.09. The van der Waals surface area contributed by atoms with Gasteiger partial charge in [0, 0.05) is 24.7 Å². The highest BCUT2D eigenvalue weighted by molar-refractivity contribution is 5.97. The van der Waals surface area contributed by atoms with E-state index in [0.717, 1.165) is 42.7 Å². The lowest BCUT2D eigenvalue weighted by atomic mass is 9.92. The first-order valence-electron chi connectivity index (χ1n) is 7.67. The minimum atomic E-state index is 0. The summed E-state index contributed by atoms with van der Waals surface area (Å²) in [5.41, 5.74) is 4.37. The summed E-state index contributed by atoms with van der Waals surface area (Å²) in [5, 5.41) is 3.55. The van der Waals surface area contributed by atoms with Crippen LogP contribution in [0.3, 0.4) is 0 Å². The first-order valence-corrected chi connectivity index (χ1v) is 7.67. The van der Waals surface area contributed by atoms with Crippen LogP contribution in [-0.2, 0) is 0 Å². The summed E-state index contributed by atoms with van der Waals surface area (Å²) >= 11 is 0. The molecule has 0 spiro atoms. The number of likely N-dealkylation sites (tertiary alicyclic amines) is 1. The molecule has 0 saturated carbocycles. The molecule has 2 atom stereocenters. The number of fused-ring (bicyclic) bond motifs is 1. The van der Waals surface area contributed by atoms with E-state index in [1.54, 1.807) is 0 Å². The number of aryl methyl sites for hydroxylation is 3. The molecular formula is C17H25ClN2O. The van der Waals surface area contributed by atoms with Gasteiger partial charge in [-0.1, -0.05) is 17.7 Å². The largest absolute Gasteiger partial charge is 0.338 e. The number of nitrogens with one attached hydrogen (secondary N) is 1. The highest BCUT2D eigenvalue weighted by atomic mass is 35.5. The van der Waals surface area contributed by atoms with Crippen molar-refractivity contribution in [1.82, 2.24) is 10.2 Å². The van der Waals surface area contributed by atoms with E-state index in [9.17, 15) is 4.79 Å². The Morgan fingerprint density at radius 2 is 1.86 bits per heavy atom. The Morgan fingerprint density at radius 3 is 2.52 bits per heavy atom. The third-order valence-corrected chi connectivity index (χ3v) is 4.83. The molecule has 2 aliphatic rings. The van der Waals surface area contributed by atoms with Crippen LogP contribution >= 0.6 is 12.4 Å². The maximum atomic E-state index is 12.8. The number of hydrogen-bond donors (Lipinski definition) is 1. The monoisotopic (exact) mass is 308 g/mol. The highest BCUT2D eigenvalue weighted by Crippen LogP contribution is 2.27. The summed E-state index contributed by atoms with van der Waals surface area (Å²) in [5.74, 6) is 0.879. The van der Waals surface area contributed by atoms with Gasteiger partial charge in [-0.3, -0.25) is 4.79 Å². The number of halogens is 1. The Bertz CT molecular complexity index is 521. The first kappa shape index (κ1) is 16.3. The van der Waals surface area contributed by atoms with Crippen molar-refractivity contribution >= 4 is 18.3 Å². The summed E-state index contributed by atoms with van der Waals surface area (Å²) in [6.45, 7) is 9.11. The molecule has 3 nitrogen and oxygen atoms in total. The zero-order valence-corrected chi connectivity index (χ0v) is 13.9. The number of amides is 1. The lowest BCUT2D eigenvalue weighted by molar-refractivity contribution is 0.0660. The fourth-order valence-electron chi connectivity index (χ4n) is 3.91. The molecule has 2 saturated heterocycles. The quantitative estimate of drug-likeness (QED) is 0.865. The highest BCUT2D eigenvalue weighted by Gasteiger charge is 2.35. The van der Waals surface area contributed by atoms with Gasteiger partial charge in [0.15, 0.2) is 0 Å².